The molecule has 0 spiro atoms. The van der Waals surface area contributed by atoms with Crippen LogP contribution < -0.4 is 5.32 Å². The largest absolute Gasteiger partial charge is 0.480 e. The fourth-order valence-electron chi connectivity index (χ4n) is 2.51. The van der Waals surface area contributed by atoms with Crippen LogP contribution in [0.3, 0.4) is 0 Å². The molecule has 1 atom stereocenters. The third-order valence-electron chi connectivity index (χ3n) is 4.26. The average Bonchev–Trinajstić information content (AvgIpc) is 2.86. The van der Waals surface area contributed by atoms with Gasteiger partial charge in [0.15, 0.2) is 0 Å². The van der Waals surface area contributed by atoms with Crippen LogP contribution in [0.15, 0.2) is 29.2 Å². The summed E-state index contributed by atoms with van der Waals surface area (Å²) < 4.78 is 0.390. The van der Waals surface area contributed by atoms with Crippen molar-refractivity contribution >= 4 is 52.2 Å². The molecule has 0 radical (unpaired) electrons. The summed E-state index contributed by atoms with van der Waals surface area (Å²) in [5, 5.41) is 11.2. The fraction of sp³-hybridized carbons (Fsp3) is 0.400. The van der Waals surface area contributed by atoms with E-state index in [0.29, 0.717) is 9.23 Å². The van der Waals surface area contributed by atoms with Gasteiger partial charge in [0.1, 0.15) is 10.4 Å². The zero-order valence-corrected chi connectivity index (χ0v) is 17.9. The molecule has 1 aromatic rings. The Morgan fingerprint density at radius 2 is 1.89 bits per heavy atom. The number of rotatable bonds is 6. The van der Waals surface area contributed by atoms with Crippen LogP contribution in [0.5, 0.6) is 0 Å². The molecule has 1 fully saturated rings. The molecule has 6 nitrogen and oxygen atoms in total. The number of thioether (sulfide) groups is 1. The van der Waals surface area contributed by atoms with E-state index in [0.717, 1.165) is 5.56 Å². The molecule has 0 saturated carbocycles. The molecule has 8 heteroatoms. The van der Waals surface area contributed by atoms with Crippen LogP contribution in [-0.2, 0) is 19.8 Å². The molecule has 0 aromatic heterocycles. The maximum absolute atomic E-state index is 12.6. The minimum atomic E-state index is -1.11. The van der Waals surface area contributed by atoms with Gasteiger partial charge >= 0.3 is 5.97 Å². The Morgan fingerprint density at radius 3 is 2.43 bits per heavy atom. The number of thiocarbonyl (C=S) groups is 1. The van der Waals surface area contributed by atoms with Crippen LogP contribution in [0.1, 0.15) is 45.2 Å². The molecule has 1 saturated heterocycles. The van der Waals surface area contributed by atoms with Gasteiger partial charge in [-0.3, -0.25) is 19.3 Å². The molecule has 2 N–H and O–H groups in total. The van der Waals surface area contributed by atoms with Gasteiger partial charge in [-0.2, -0.15) is 0 Å². The second-order valence-electron chi connectivity index (χ2n) is 7.58. The molecular formula is C20H24N2O4S2. The van der Waals surface area contributed by atoms with E-state index in [1.165, 1.54) is 29.1 Å². The molecular weight excluding hydrogens is 396 g/mol. The van der Waals surface area contributed by atoms with Crippen LogP contribution in [0.25, 0.3) is 6.08 Å². The van der Waals surface area contributed by atoms with Crippen molar-refractivity contribution in [1.82, 2.24) is 10.2 Å². The highest BCUT2D eigenvalue weighted by Crippen LogP contribution is 2.33. The summed E-state index contributed by atoms with van der Waals surface area (Å²) in [6.45, 7) is 7.91. The fourth-order valence-corrected chi connectivity index (χ4v) is 3.82. The van der Waals surface area contributed by atoms with Gasteiger partial charge < -0.3 is 10.4 Å². The van der Waals surface area contributed by atoms with E-state index in [9.17, 15) is 14.4 Å². The smallest absolute Gasteiger partial charge is 0.325 e. The average molecular weight is 421 g/mol. The molecule has 28 heavy (non-hydrogen) atoms. The molecule has 1 aromatic carbocycles. The third kappa shape index (κ3) is 5.65. The predicted molar refractivity (Wildman–Crippen MR) is 115 cm³/mol. The molecule has 2 amide bonds. The van der Waals surface area contributed by atoms with E-state index in [4.69, 9.17) is 17.3 Å². The Balaban J connectivity index is 2.02. The molecule has 1 heterocycles. The van der Waals surface area contributed by atoms with Crippen LogP contribution in [0.4, 0.5) is 0 Å². The Labute approximate surface area is 174 Å². The van der Waals surface area contributed by atoms with Gasteiger partial charge in [-0.25, -0.2) is 0 Å². The number of carboxylic acids is 1. The first-order valence-electron chi connectivity index (χ1n) is 8.87. The van der Waals surface area contributed by atoms with Gasteiger partial charge in [0, 0.05) is 13.0 Å². The highest BCUT2D eigenvalue weighted by atomic mass is 32.2. The zero-order chi connectivity index (χ0) is 21.1. The summed E-state index contributed by atoms with van der Waals surface area (Å²) in [7, 11) is 0. The quantitative estimate of drug-likeness (QED) is 0.543. The van der Waals surface area contributed by atoms with Gasteiger partial charge in [0.25, 0.3) is 5.91 Å². The Morgan fingerprint density at radius 1 is 1.29 bits per heavy atom. The molecule has 1 aliphatic heterocycles. The van der Waals surface area contributed by atoms with Crippen LogP contribution in [0.2, 0.25) is 0 Å². The number of aliphatic carboxylic acids is 1. The highest BCUT2D eigenvalue weighted by Gasteiger charge is 2.32. The Bertz CT molecular complexity index is 826. The van der Waals surface area contributed by atoms with Gasteiger partial charge in [-0.15, -0.1) is 0 Å². The number of amides is 2. The van der Waals surface area contributed by atoms with Crippen molar-refractivity contribution in [3.05, 3.63) is 40.3 Å². The molecule has 150 valence electrons. The standard InChI is InChI=1S/C20H24N2O4S2/c1-12(18(25)26)21-16(23)9-10-22-17(24)15(28-19(22)27)11-13-5-7-14(8-6-13)20(2,3)4/h5-8,11-12H,9-10H2,1-4H3,(H,21,23)(H,25,26)/b15-11-. The van der Waals surface area contributed by atoms with E-state index < -0.39 is 17.9 Å². The van der Waals surface area contributed by atoms with Crippen molar-refractivity contribution in [2.45, 2.75) is 45.6 Å². The van der Waals surface area contributed by atoms with Crippen molar-refractivity contribution in [3.63, 3.8) is 0 Å². The minimum absolute atomic E-state index is 0.0163. The lowest BCUT2D eigenvalue weighted by Gasteiger charge is -2.18. The second-order valence-corrected chi connectivity index (χ2v) is 9.26. The van der Waals surface area contributed by atoms with Crippen LogP contribution in [-0.4, -0.2) is 44.7 Å². The SMILES string of the molecule is CC(NC(=O)CCN1C(=O)/C(=C/c2ccc(C(C)(C)C)cc2)SC1=S)C(=O)O. The Kier molecular flexibility index (Phi) is 7.01. The van der Waals surface area contributed by atoms with Gasteiger partial charge in [-0.1, -0.05) is 69.0 Å². The van der Waals surface area contributed by atoms with Crippen molar-refractivity contribution < 1.29 is 19.5 Å². The first-order chi connectivity index (χ1) is 13.0. The number of nitrogens with one attached hydrogen (secondary N) is 1. The second kappa shape index (κ2) is 8.87. The first kappa shape index (κ1) is 22.1. The number of carbonyl (C=O) groups is 3. The van der Waals surface area contributed by atoms with Crippen molar-refractivity contribution in [2.24, 2.45) is 0 Å². The molecule has 0 aliphatic carbocycles. The number of carbonyl (C=O) groups excluding carboxylic acids is 2. The topological polar surface area (TPSA) is 86.7 Å². The number of carboxylic acid groups (broad SMARTS) is 1. The van der Waals surface area contributed by atoms with Gasteiger partial charge in [-0.05, 0) is 29.5 Å². The minimum Gasteiger partial charge on any atom is -0.480 e. The maximum atomic E-state index is 12.6. The summed E-state index contributed by atoms with van der Waals surface area (Å²) in [5.41, 5.74) is 2.17. The molecule has 0 bridgehead atoms. The molecule has 2 rings (SSSR count). The summed E-state index contributed by atoms with van der Waals surface area (Å²) in [6, 6.07) is 7.04. The summed E-state index contributed by atoms with van der Waals surface area (Å²) in [6.07, 6.45) is 1.77. The first-order valence-corrected chi connectivity index (χ1v) is 10.1. The van der Waals surface area contributed by atoms with Crippen molar-refractivity contribution in [3.8, 4) is 0 Å². The van der Waals surface area contributed by atoms with Crippen molar-refractivity contribution in [2.75, 3.05) is 6.54 Å². The van der Waals surface area contributed by atoms with Gasteiger partial charge in [0.2, 0.25) is 5.91 Å². The normalized spacial score (nSPS) is 17.1. The highest BCUT2D eigenvalue weighted by molar-refractivity contribution is 8.26. The number of benzene rings is 1. The Hall–Kier alpha value is -2.19. The van der Waals surface area contributed by atoms with Crippen molar-refractivity contribution in [1.29, 1.82) is 0 Å². The van der Waals surface area contributed by atoms with Crippen LogP contribution >= 0.6 is 24.0 Å². The number of nitrogens with zero attached hydrogens (tertiary/aromatic N) is 1. The summed E-state index contributed by atoms with van der Waals surface area (Å²) >= 11 is 6.46. The van der Waals surface area contributed by atoms with Crippen LogP contribution in [0, 0.1) is 0 Å². The summed E-state index contributed by atoms with van der Waals surface area (Å²) in [5.74, 6) is -1.79. The maximum Gasteiger partial charge on any atom is 0.325 e. The zero-order valence-electron chi connectivity index (χ0n) is 16.3. The number of hydrogen-bond donors (Lipinski definition) is 2. The van der Waals surface area contributed by atoms with E-state index in [1.54, 1.807) is 6.08 Å². The van der Waals surface area contributed by atoms with E-state index in [-0.39, 0.29) is 24.3 Å². The number of hydrogen-bond acceptors (Lipinski definition) is 5. The third-order valence-corrected chi connectivity index (χ3v) is 5.64. The predicted octanol–water partition coefficient (Wildman–Crippen LogP) is 3.16. The lowest BCUT2D eigenvalue weighted by molar-refractivity contribution is -0.141. The molecule has 1 aliphatic rings. The van der Waals surface area contributed by atoms with E-state index in [1.807, 2.05) is 24.3 Å². The summed E-state index contributed by atoms with van der Waals surface area (Å²) in [4.78, 5) is 37.1. The lowest BCUT2D eigenvalue weighted by Crippen LogP contribution is -2.40. The van der Waals surface area contributed by atoms with E-state index in [2.05, 4.69) is 26.1 Å². The lowest BCUT2D eigenvalue weighted by atomic mass is 9.87. The van der Waals surface area contributed by atoms with E-state index >= 15 is 0 Å². The van der Waals surface area contributed by atoms with Gasteiger partial charge in [0.05, 0.1) is 4.91 Å². The monoisotopic (exact) mass is 420 g/mol. The molecule has 1 unspecified atom stereocenters.